The summed E-state index contributed by atoms with van der Waals surface area (Å²) in [6.07, 6.45) is 1.87. The Hall–Kier alpha value is -2.23. The Kier molecular flexibility index (Phi) is 7.27. The second-order valence-corrected chi connectivity index (χ2v) is 11.1. The van der Waals surface area contributed by atoms with Crippen LogP contribution in [0.4, 0.5) is 11.4 Å². The zero-order valence-corrected chi connectivity index (χ0v) is 21.8. The summed E-state index contributed by atoms with van der Waals surface area (Å²) in [4.78, 5) is 21.8. The summed E-state index contributed by atoms with van der Waals surface area (Å²) in [5.41, 5.74) is 7.15. The van der Waals surface area contributed by atoms with Gasteiger partial charge in [-0.25, -0.2) is 4.98 Å². The molecule has 0 spiro atoms. The van der Waals surface area contributed by atoms with Gasteiger partial charge in [-0.05, 0) is 90.4 Å². The van der Waals surface area contributed by atoms with Gasteiger partial charge in [-0.3, -0.25) is 9.79 Å². The molecule has 0 aliphatic heterocycles. The topological polar surface area (TPSA) is 54.4 Å². The number of anilines is 1. The van der Waals surface area contributed by atoms with Gasteiger partial charge in [0.25, 0.3) is 0 Å². The van der Waals surface area contributed by atoms with Crippen molar-refractivity contribution in [3.63, 3.8) is 0 Å². The molecule has 0 aliphatic carbocycles. The van der Waals surface area contributed by atoms with E-state index in [0.717, 1.165) is 42.6 Å². The first-order valence-electron chi connectivity index (χ1n) is 10.1. The Balaban J connectivity index is 1.41. The molecule has 0 aliphatic rings. The normalized spacial score (nSPS) is 11.4. The second kappa shape index (κ2) is 10.1. The highest BCUT2D eigenvalue weighted by Crippen LogP contribution is 2.32. The minimum absolute atomic E-state index is 0.0212. The quantitative estimate of drug-likeness (QED) is 0.150. The number of aryl methyl sites for hydroxylation is 3. The minimum atomic E-state index is -0.0212. The van der Waals surface area contributed by atoms with E-state index in [4.69, 9.17) is 0 Å². The molecule has 4 aromatic rings. The Morgan fingerprint density at radius 1 is 1.09 bits per heavy atom. The van der Waals surface area contributed by atoms with Gasteiger partial charge < -0.3 is 5.32 Å². The van der Waals surface area contributed by atoms with Crippen molar-refractivity contribution in [2.24, 2.45) is 4.99 Å². The number of rotatable bonds is 6. The maximum atomic E-state index is 12.5. The number of fused-ring (bicyclic) bond motifs is 1. The van der Waals surface area contributed by atoms with E-state index in [1.807, 2.05) is 38.3 Å². The molecule has 3 aromatic carbocycles. The zero-order chi connectivity index (χ0) is 22.7. The van der Waals surface area contributed by atoms with Gasteiger partial charge in [0.2, 0.25) is 5.91 Å². The zero-order valence-electron chi connectivity index (χ0n) is 18.0. The molecule has 0 saturated heterocycles. The third-order valence-corrected chi connectivity index (χ3v) is 7.73. The number of hydrogen-bond donors (Lipinski definition) is 1. The first-order valence-corrected chi connectivity index (χ1v) is 13.0. The number of thioether (sulfide) groups is 1. The number of nitrogens with zero attached hydrogens (tertiary/aromatic N) is 2. The van der Waals surface area contributed by atoms with Crippen molar-refractivity contribution in [3.8, 4) is 0 Å². The highest BCUT2D eigenvalue weighted by molar-refractivity contribution is 14.1. The monoisotopic (exact) mass is 571 g/mol. The van der Waals surface area contributed by atoms with Crippen LogP contribution in [-0.2, 0) is 4.79 Å². The maximum Gasteiger partial charge on any atom is 0.234 e. The van der Waals surface area contributed by atoms with Crippen molar-refractivity contribution in [2.75, 3.05) is 11.1 Å². The van der Waals surface area contributed by atoms with E-state index < -0.39 is 0 Å². The van der Waals surface area contributed by atoms with E-state index in [1.54, 1.807) is 11.3 Å². The standard InChI is InChI=1S/C25H22IN3OS2/c1-15-10-16(2)24(17(3)11-15)29-23(30)14-31-25-28-21-9-8-20(12-22(21)32-25)27-13-18-4-6-19(26)7-5-18/h4-13H,14H2,1-3H3,(H,29,30). The van der Waals surface area contributed by atoms with Crippen molar-refractivity contribution >= 4 is 79.4 Å². The first kappa shape index (κ1) is 22.9. The van der Waals surface area contributed by atoms with Gasteiger partial charge in [-0.15, -0.1) is 11.3 Å². The minimum Gasteiger partial charge on any atom is -0.325 e. The van der Waals surface area contributed by atoms with E-state index in [-0.39, 0.29) is 5.91 Å². The Morgan fingerprint density at radius 2 is 1.81 bits per heavy atom. The second-order valence-electron chi connectivity index (χ2n) is 7.55. The van der Waals surface area contributed by atoms with Crippen LogP contribution < -0.4 is 5.32 Å². The van der Waals surface area contributed by atoms with E-state index in [1.165, 1.54) is 20.9 Å². The molecule has 4 nitrogen and oxygen atoms in total. The first-order chi connectivity index (χ1) is 15.4. The lowest BCUT2D eigenvalue weighted by Crippen LogP contribution is -2.15. The molecule has 0 radical (unpaired) electrons. The summed E-state index contributed by atoms with van der Waals surface area (Å²) >= 11 is 5.34. The fourth-order valence-corrected chi connectivity index (χ4v) is 5.67. The van der Waals surface area contributed by atoms with Crippen molar-refractivity contribution in [1.82, 2.24) is 4.98 Å². The number of carbonyl (C=O) groups excluding carboxylic acids is 1. The van der Waals surface area contributed by atoms with Crippen LogP contribution in [0.2, 0.25) is 0 Å². The lowest BCUT2D eigenvalue weighted by Gasteiger charge is -2.12. The fraction of sp³-hybridized carbons (Fsp3) is 0.160. The summed E-state index contributed by atoms with van der Waals surface area (Å²) in [7, 11) is 0. The van der Waals surface area contributed by atoms with Crippen LogP contribution in [-0.4, -0.2) is 22.9 Å². The predicted octanol–water partition coefficient (Wildman–Crippen LogP) is 7.31. The summed E-state index contributed by atoms with van der Waals surface area (Å²) in [5, 5.41) is 3.05. The lowest BCUT2D eigenvalue weighted by molar-refractivity contribution is -0.113. The number of aliphatic imine (C=N–C) groups is 1. The average Bonchev–Trinajstić information content (AvgIpc) is 3.16. The van der Waals surface area contributed by atoms with Gasteiger partial charge in [-0.1, -0.05) is 41.6 Å². The summed E-state index contributed by atoms with van der Waals surface area (Å²) < 4.78 is 3.15. The van der Waals surface area contributed by atoms with E-state index >= 15 is 0 Å². The molecule has 1 heterocycles. The maximum absolute atomic E-state index is 12.5. The highest BCUT2D eigenvalue weighted by Gasteiger charge is 2.11. The molecule has 1 aromatic heterocycles. The van der Waals surface area contributed by atoms with Gasteiger partial charge in [0.05, 0.1) is 21.7 Å². The van der Waals surface area contributed by atoms with Gasteiger partial charge in [0.1, 0.15) is 0 Å². The predicted molar refractivity (Wildman–Crippen MR) is 146 cm³/mol. The number of hydrogen-bond acceptors (Lipinski definition) is 5. The molecular formula is C25H22IN3OS2. The SMILES string of the molecule is Cc1cc(C)c(NC(=O)CSc2nc3ccc(N=Cc4ccc(I)cc4)cc3s2)c(C)c1. The van der Waals surface area contributed by atoms with Crippen LogP contribution in [0.1, 0.15) is 22.3 Å². The molecular weight excluding hydrogens is 549 g/mol. The van der Waals surface area contributed by atoms with Crippen LogP contribution in [0.3, 0.4) is 0 Å². The number of halogens is 1. The molecule has 1 amide bonds. The van der Waals surface area contributed by atoms with Crippen LogP contribution in [0, 0.1) is 24.3 Å². The summed E-state index contributed by atoms with van der Waals surface area (Å²) in [6.45, 7) is 6.11. The smallest absolute Gasteiger partial charge is 0.234 e. The highest BCUT2D eigenvalue weighted by atomic mass is 127. The van der Waals surface area contributed by atoms with Crippen LogP contribution >= 0.6 is 45.7 Å². The fourth-order valence-electron chi connectivity index (χ4n) is 3.41. The number of thiazole rings is 1. The third kappa shape index (κ3) is 5.76. The number of amides is 1. The van der Waals surface area contributed by atoms with Gasteiger partial charge in [0.15, 0.2) is 4.34 Å². The molecule has 0 fully saturated rings. The Bertz CT molecular complexity index is 1290. The van der Waals surface area contributed by atoms with Crippen LogP contribution in [0.25, 0.3) is 10.2 Å². The molecule has 32 heavy (non-hydrogen) atoms. The molecule has 0 bridgehead atoms. The van der Waals surface area contributed by atoms with Crippen LogP contribution in [0.15, 0.2) is 63.9 Å². The summed E-state index contributed by atoms with van der Waals surface area (Å²) in [6, 6.07) is 18.4. The van der Waals surface area contributed by atoms with Crippen molar-refractivity contribution in [3.05, 3.63) is 80.4 Å². The number of benzene rings is 3. The van der Waals surface area contributed by atoms with Crippen molar-refractivity contribution < 1.29 is 4.79 Å². The number of carbonyl (C=O) groups is 1. The Morgan fingerprint density at radius 3 is 2.53 bits per heavy atom. The third-order valence-electron chi connectivity index (χ3n) is 4.85. The largest absolute Gasteiger partial charge is 0.325 e. The molecule has 0 saturated carbocycles. The molecule has 0 unspecified atom stereocenters. The molecule has 162 valence electrons. The van der Waals surface area contributed by atoms with Gasteiger partial charge >= 0.3 is 0 Å². The lowest BCUT2D eigenvalue weighted by atomic mass is 10.1. The molecule has 4 rings (SSSR count). The Labute approximate surface area is 209 Å². The number of nitrogens with one attached hydrogen (secondary N) is 1. The molecule has 0 atom stereocenters. The number of aromatic nitrogens is 1. The van der Waals surface area contributed by atoms with Gasteiger partial charge in [-0.2, -0.15) is 0 Å². The van der Waals surface area contributed by atoms with Gasteiger partial charge in [0, 0.05) is 15.5 Å². The van der Waals surface area contributed by atoms with Crippen molar-refractivity contribution in [2.45, 2.75) is 25.1 Å². The van der Waals surface area contributed by atoms with E-state index in [0.29, 0.717) is 5.75 Å². The van der Waals surface area contributed by atoms with E-state index in [2.05, 4.69) is 81.2 Å². The average molecular weight is 572 g/mol. The summed E-state index contributed by atoms with van der Waals surface area (Å²) in [5.74, 6) is 0.303. The molecule has 1 N–H and O–H groups in total. The van der Waals surface area contributed by atoms with E-state index in [9.17, 15) is 4.79 Å². The van der Waals surface area contributed by atoms with Crippen LogP contribution in [0.5, 0.6) is 0 Å². The van der Waals surface area contributed by atoms with Crippen molar-refractivity contribution in [1.29, 1.82) is 0 Å². The molecule has 7 heteroatoms.